The second-order valence-corrected chi connectivity index (χ2v) is 7.64. The van der Waals surface area contributed by atoms with Crippen molar-refractivity contribution < 1.29 is 4.79 Å². The fraction of sp³-hybridized carbons (Fsp3) is 0.278. The van der Waals surface area contributed by atoms with E-state index in [0.29, 0.717) is 36.7 Å². The van der Waals surface area contributed by atoms with Crippen molar-refractivity contribution >= 4 is 33.5 Å². The molecule has 0 spiro atoms. The first kappa shape index (κ1) is 19.9. The van der Waals surface area contributed by atoms with Gasteiger partial charge in [0.05, 0.1) is 6.54 Å². The van der Waals surface area contributed by atoms with E-state index in [2.05, 4.69) is 36.3 Å². The lowest BCUT2D eigenvalue weighted by atomic mass is 10.2. The Morgan fingerprint density at radius 2 is 2.03 bits per heavy atom. The predicted octanol–water partition coefficient (Wildman–Crippen LogP) is 0.0564. The molecule has 1 amide bonds. The van der Waals surface area contributed by atoms with Gasteiger partial charge in [-0.25, -0.2) is 9.48 Å². The van der Waals surface area contributed by atoms with Gasteiger partial charge in [0.15, 0.2) is 0 Å². The molecule has 30 heavy (non-hydrogen) atoms. The van der Waals surface area contributed by atoms with Crippen LogP contribution in [0.25, 0.3) is 0 Å². The van der Waals surface area contributed by atoms with E-state index in [-0.39, 0.29) is 17.4 Å². The first-order chi connectivity index (χ1) is 14.4. The van der Waals surface area contributed by atoms with Crippen LogP contribution in [0.2, 0.25) is 0 Å². The molecule has 5 N–H and O–H groups in total. The Labute approximate surface area is 178 Å². The highest BCUT2D eigenvalue weighted by atomic mass is 79.9. The second-order valence-electron chi connectivity index (χ2n) is 6.93. The van der Waals surface area contributed by atoms with Crippen LogP contribution in [-0.2, 0) is 6.54 Å². The molecule has 1 fully saturated rings. The second kappa shape index (κ2) is 8.14. The van der Waals surface area contributed by atoms with Crippen LogP contribution in [0.5, 0.6) is 0 Å². The third-order valence-electron chi connectivity index (χ3n) is 4.81. The number of nitrogens with zero attached hydrogens (tertiary/aromatic N) is 4. The maximum Gasteiger partial charge on any atom is 0.326 e. The van der Waals surface area contributed by atoms with E-state index in [1.54, 1.807) is 4.68 Å². The van der Waals surface area contributed by atoms with Gasteiger partial charge in [-0.05, 0) is 27.9 Å². The molecule has 0 saturated carbocycles. The number of nitrogens with two attached hydrogens (primary N) is 1. The van der Waals surface area contributed by atoms with E-state index in [0.717, 1.165) is 5.56 Å². The van der Waals surface area contributed by atoms with Crippen LogP contribution in [0.15, 0.2) is 44.7 Å². The van der Waals surface area contributed by atoms with Crippen LogP contribution in [0, 0.1) is 0 Å². The molecule has 0 bridgehead atoms. The Morgan fingerprint density at radius 3 is 2.80 bits per heavy atom. The first-order valence-corrected chi connectivity index (χ1v) is 10.0. The summed E-state index contributed by atoms with van der Waals surface area (Å²) >= 11 is 3.33. The molecule has 2 aromatic heterocycles. The molecule has 0 aliphatic carbocycles. The number of carbonyl (C=O) groups excluding carboxylic acids is 1. The third kappa shape index (κ3) is 4.13. The van der Waals surface area contributed by atoms with Gasteiger partial charge >= 0.3 is 5.69 Å². The summed E-state index contributed by atoms with van der Waals surface area (Å²) in [5, 5.41) is 7.23. The van der Waals surface area contributed by atoms with Gasteiger partial charge in [0.1, 0.15) is 11.4 Å². The Hall–Kier alpha value is -3.41. The monoisotopic (exact) mass is 474 g/mol. The highest BCUT2D eigenvalue weighted by Gasteiger charge is 2.29. The van der Waals surface area contributed by atoms with Crippen molar-refractivity contribution in [2.75, 3.05) is 23.7 Å². The van der Waals surface area contributed by atoms with Gasteiger partial charge in [-0.15, -0.1) is 5.10 Å². The molecule has 1 aliphatic rings. The molecular weight excluding hydrogens is 456 g/mol. The molecule has 3 aromatic rings. The van der Waals surface area contributed by atoms with Crippen molar-refractivity contribution in [3.8, 4) is 0 Å². The van der Waals surface area contributed by atoms with E-state index in [4.69, 9.17) is 5.73 Å². The average Bonchev–Trinajstić information content (AvgIpc) is 3.31. The zero-order valence-corrected chi connectivity index (χ0v) is 17.3. The first-order valence-electron chi connectivity index (χ1n) is 9.23. The Kier molecular flexibility index (Phi) is 5.40. The summed E-state index contributed by atoms with van der Waals surface area (Å²) in [7, 11) is 0. The standard InChI is InChI=1S/C18H19BrN8O3/c19-16-24-18(27(25-16)8-10-4-2-1-3-5-10)26-7-6-11(9-26)21-15(29)13-12(20)14(28)23-17(30)22-13/h1-5,11H,6-9,20H2,(H,21,29)(H2,22,23,28,30). The molecule has 1 aromatic carbocycles. The zero-order chi connectivity index (χ0) is 21.3. The van der Waals surface area contributed by atoms with Crippen molar-refractivity contribution in [3.63, 3.8) is 0 Å². The minimum Gasteiger partial charge on any atom is -0.392 e. The number of H-pyrrole nitrogens is 2. The topological polar surface area (TPSA) is 155 Å². The number of anilines is 2. The zero-order valence-electron chi connectivity index (χ0n) is 15.8. The van der Waals surface area contributed by atoms with Gasteiger partial charge in [-0.1, -0.05) is 30.3 Å². The molecule has 3 heterocycles. The summed E-state index contributed by atoms with van der Waals surface area (Å²) in [5.41, 5.74) is 4.57. The van der Waals surface area contributed by atoms with Gasteiger partial charge in [0.25, 0.3) is 11.5 Å². The van der Waals surface area contributed by atoms with Gasteiger partial charge in [0.2, 0.25) is 10.7 Å². The van der Waals surface area contributed by atoms with E-state index >= 15 is 0 Å². The summed E-state index contributed by atoms with van der Waals surface area (Å²) in [5.74, 6) is 0.0843. The summed E-state index contributed by atoms with van der Waals surface area (Å²) in [6.07, 6.45) is 0.662. The molecule has 4 rings (SSSR count). The molecule has 11 nitrogen and oxygen atoms in total. The van der Waals surface area contributed by atoms with Gasteiger partial charge < -0.3 is 20.9 Å². The predicted molar refractivity (Wildman–Crippen MR) is 113 cm³/mol. The lowest BCUT2D eigenvalue weighted by molar-refractivity contribution is 0.0935. The van der Waals surface area contributed by atoms with Gasteiger partial charge in [-0.2, -0.15) is 4.98 Å². The van der Waals surface area contributed by atoms with Crippen molar-refractivity contribution in [2.24, 2.45) is 0 Å². The van der Waals surface area contributed by atoms with Crippen LogP contribution < -0.4 is 27.2 Å². The van der Waals surface area contributed by atoms with Crippen LogP contribution in [0.3, 0.4) is 0 Å². The molecular formula is C18H19BrN8O3. The minimum absolute atomic E-state index is 0.208. The van der Waals surface area contributed by atoms with Crippen molar-refractivity contribution in [1.82, 2.24) is 30.0 Å². The fourth-order valence-electron chi connectivity index (χ4n) is 3.40. The number of amides is 1. The molecule has 0 radical (unpaired) electrons. The lowest BCUT2D eigenvalue weighted by Crippen LogP contribution is -2.40. The van der Waals surface area contributed by atoms with Crippen LogP contribution in [-0.4, -0.2) is 49.8 Å². The maximum atomic E-state index is 12.5. The van der Waals surface area contributed by atoms with Crippen molar-refractivity contribution in [3.05, 3.63) is 67.2 Å². The van der Waals surface area contributed by atoms with Crippen LogP contribution >= 0.6 is 15.9 Å². The Balaban J connectivity index is 1.47. The summed E-state index contributed by atoms with van der Waals surface area (Å²) in [4.78, 5) is 46.3. The van der Waals surface area contributed by atoms with Crippen LogP contribution in [0.1, 0.15) is 22.5 Å². The fourth-order valence-corrected chi connectivity index (χ4v) is 3.75. The van der Waals surface area contributed by atoms with E-state index < -0.39 is 17.2 Å². The number of nitrogens with one attached hydrogen (secondary N) is 3. The average molecular weight is 475 g/mol. The van der Waals surface area contributed by atoms with Crippen LogP contribution in [0.4, 0.5) is 11.6 Å². The maximum absolute atomic E-state index is 12.5. The molecule has 1 aliphatic heterocycles. The number of carbonyl (C=O) groups is 1. The summed E-state index contributed by atoms with van der Waals surface area (Å²) in [6.45, 7) is 1.72. The van der Waals surface area contributed by atoms with Gasteiger partial charge in [0, 0.05) is 19.1 Å². The number of halogens is 1. The molecule has 1 unspecified atom stereocenters. The Morgan fingerprint density at radius 1 is 1.27 bits per heavy atom. The summed E-state index contributed by atoms with van der Waals surface area (Å²) < 4.78 is 2.28. The number of rotatable bonds is 5. The minimum atomic E-state index is -0.796. The number of aromatic amines is 2. The molecule has 1 saturated heterocycles. The molecule has 1 atom stereocenters. The number of hydrogen-bond donors (Lipinski definition) is 4. The highest BCUT2D eigenvalue weighted by Crippen LogP contribution is 2.22. The largest absolute Gasteiger partial charge is 0.392 e. The third-order valence-corrected chi connectivity index (χ3v) is 5.15. The number of benzene rings is 1. The summed E-state index contributed by atoms with van der Waals surface area (Å²) in [6, 6.07) is 9.70. The van der Waals surface area contributed by atoms with E-state index in [9.17, 15) is 14.4 Å². The number of hydrogen-bond acceptors (Lipinski definition) is 7. The van der Waals surface area contributed by atoms with E-state index in [1.807, 2.05) is 40.2 Å². The lowest BCUT2D eigenvalue weighted by Gasteiger charge is -2.18. The number of aromatic nitrogens is 5. The quantitative estimate of drug-likeness (QED) is 0.407. The van der Waals surface area contributed by atoms with Crippen molar-refractivity contribution in [1.29, 1.82) is 0 Å². The Bertz CT molecular complexity index is 1190. The molecule has 12 heteroatoms. The highest BCUT2D eigenvalue weighted by molar-refractivity contribution is 9.10. The molecule has 156 valence electrons. The number of nitrogen functional groups attached to an aromatic ring is 1. The normalized spacial score (nSPS) is 16.0. The smallest absolute Gasteiger partial charge is 0.326 e. The van der Waals surface area contributed by atoms with E-state index in [1.165, 1.54) is 0 Å². The SMILES string of the molecule is Nc1c(C(=O)NC2CCN(c3nc(Br)nn3Cc3ccccc3)C2)[nH]c(=O)[nH]c1=O. The van der Waals surface area contributed by atoms with Crippen molar-refractivity contribution in [2.45, 2.75) is 19.0 Å². The van der Waals surface area contributed by atoms with Gasteiger partial charge in [-0.3, -0.25) is 14.6 Å².